The van der Waals surface area contributed by atoms with E-state index in [-0.39, 0.29) is 42.1 Å². The van der Waals surface area contributed by atoms with E-state index in [4.69, 9.17) is 5.73 Å². The van der Waals surface area contributed by atoms with Crippen molar-refractivity contribution in [2.24, 2.45) is 11.7 Å². The number of hydrogen-bond donors (Lipinski definition) is 4. The van der Waals surface area contributed by atoms with Gasteiger partial charge in [0.25, 0.3) is 0 Å². The van der Waals surface area contributed by atoms with Crippen LogP contribution in [0.5, 0.6) is 0 Å². The van der Waals surface area contributed by atoms with Gasteiger partial charge in [-0.3, -0.25) is 14.4 Å². The van der Waals surface area contributed by atoms with Gasteiger partial charge in [-0.2, -0.15) is 0 Å². The van der Waals surface area contributed by atoms with Crippen LogP contribution in [0.1, 0.15) is 60.3 Å². The van der Waals surface area contributed by atoms with Gasteiger partial charge in [-0.1, -0.05) is 34.6 Å². The number of nitrogens with one attached hydrogen (secondary N) is 3. The van der Waals surface area contributed by atoms with Crippen molar-refractivity contribution in [1.82, 2.24) is 16.0 Å². The van der Waals surface area contributed by atoms with Crippen LogP contribution >= 0.6 is 0 Å². The summed E-state index contributed by atoms with van der Waals surface area (Å²) in [4.78, 5) is 36.4. The summed E-state index contributed by atoms with van der Waals surface area (Å²) in [5.74, 6) is -0.462. The number of hydrogen-bond acceptors (Lipinski definition) is 5. The molecule has 25 heavy (non-hydrogen) atoms. The predicted octanol–water partition coefficient (Wildman–Crippen LogP) is 0.718. The molecule has 5 N–H and O–H groups in total. The van der Waals surface area contributed by atoms with Crippen LogP contribution in [0.3, 0.4) is 0 Å². The maximum Gasteiger partial charge on any atom is 0.242 e. The summed E-state index contributed by atoms with van der Waals surface area (Å²) in [5, 5.41) is 8.69. The molecular formula is C18H36N4O3. The topological polar surface area (TPSA) is 113 Å². The molecule has 0 aliphatic heterocycles. The van der Waals surface area contributed by atoms with Crippen molar-refractivity contribution in [2.45, 2.75) is 78.4 Å². The molecule has 0 rings (SSSR count). The first-order chi connectivity index (χ1) is 11.7. The summed E-state index contributed by atoms with van der Waals surface area (Å²) in [6.45, 7) is 10.2. The van der Waals surface area contributed by atoms with Gasteiger partial charge in [0.2, 0.25) is 11.8 Å². The average molecular weight is 357 g/mol. The number of amides is 2. The largest absolute Gasteiger partial charge is 0.347 e. The molecule has 0 bridgehead atoms. The lowest BCUT2D eigenvalue weighted by atomic mass is 10.0. The van der Waals surface area contributed by atoms with Gasteiger partial charge in [0.05, 0.1) is 12.6 Å². The van der Waals surface area contributed by atoms with Crippen LogP contribution in [-0.2, 0) is 14.4 Å². The Morgan fingerprint density at radius 2 is 1.64 bits per heavy atom. The minimum absolute atomic E-state index is 0.00353. The summed E-state index contributed by atoms with van der Waals surface area (Å²) in [6.07, 6.45) is 2.39. The molecule has 0 spiro atoms. The van der Waals surface area contributed by atoms with Crippen molar-refractivity contribution in [3.8, 4) is 0 Å². The highest BCUT2D eigenvalue weighted by Gasteiger charge is 2.27. The molecule has 7 nitrogen and oxygen atoms in total. The summed E-state index contributed by atoms with van der Waals surface area (Å²) < 4.78 is 0. The number of Topliss-reactive ketones (excluding diaryl/α,β-unsaturated/α-hetero) is 1. The van der Waals surface area contributed by atoms with Crippen molar-refractivity contribution in [1.29, 1.82) is 0 Å². The zero-order valence-corrected chi connectivity index (χ0v) is 16.4. The van der Waals surface area contributed by atoms with E-state index in [1.54, 1.807) is 6.92 Å². The second-order valence-corrected chi connectivity index (χ2v) is 7.00. The fourth-order valence-electron chi connectivity index (χ4n) is 2.39. The quantitative estimate of drug-likeness (QED) is 0.363. The zero-order valence-electron chi connectivity index (χ0n) is 16.4. The van der Waals surface area contributed by atoms with Crippen LogP contribution in [0, 0.1) is 5.92 Å². The lowest BCUT2D eigenvalue weighted by molar-refractivity contribution is -0.131. The van der Waals surface area contributed by atoms with Gasteiger partial charge in [0, 0.05) is 12.5 Å². The molecule has 0 radical (unpaired) electrons. The van der Waals surface area contributed by atoms with Gasteiger partial charge in [0.1, 0.15) is 6.04 Å². The Balaban J connectivity index is 4.91. The maximum absolute atomic E-state index is 12.6. The molecule has 0 aliphatic carbocycles. The SMILES string of the molecule is CCC(=O)CNC(=O)[C@H](CCCCN)NC(=O)[C@@H](NC(C)C)C(C)C. The Labute approximate surface area is 151 Å². The maximum atomic E-state index is 12.6. The number of rotatable bonds is 13. The van der Waals surface area contributed by atoms with E-state index in [9.17, 15) is 14.4 Å². The number of carbonyl (C=O) groups excluding carboxylic acids is 3. The molecule has 0 saturated carbocycles. The van der Waals surface area contributed by atoms with Gasteiger partial charge in [-0.05, 0) is 31.7 Å². The highest BCUT2D eigenvalue weighted by molar-refractivity contribution is 5.92. The summed E-state index contributed by atoms with van der Waals surface area (Å²) in [7, 11) is 0. The fourth-order valence-corrected chi connectivity index (χ4v) is 2.39. The second-order valence-electron chi connectivity index (χ2n) is 7.00. The lowest BCUT2D eigenvalue weighted by Gasteiger charge is -2.26. The predicted molar refractivity (Wildman–Crippen MR) is 100 cm³/mol. The lowest BCUT2D eigenvalue weighted by Crippen LogP contribution is -2.55. The molecule has 0 aromatic carbocycles. The summed E-state index contributed by atoms with van der Waals surface area (Å²) in [5.41, 5.74) is 5.51. The van der Waals surface area contributed by atoms with E-state index in [1.165, 1.54) is 0 Å². The Kier molecular flexibility index (Phi) is 12.1. The van der Waals surface area contributed by atoms with E-state index in [0.29, 0.717) is 19.4 Å². The molecule has 0 unspecified atom stereocenters. The van der Waals surface area contributed by atoms with Crippen molar-refractivity contribution in [3.63, 3.8) is 0 Å². The van der Waals surface area contributed by atoms with Crippen LogP contribution in [0.15, 0.2) is 0 Å². The standard InChI is InChI=1S/C18H36N4O3/c1-6-14(23)11-20-17(24)15(9-7-8-10-19)22-18(25)16(12(2)3)21-13(4)5/h12-13,15-16,21H,6-11,19H2,1-5H3,(H,20,24)(H,22,25)/t15-,16-/m0/s1. The Hall–Kier alpha value is -1.47. The molecule has 2 amide bonds. The van der Waals surface area contributed by atoms with Crippen LogP contribution in [0.4, 0.5) is 0 Å². The van der Waals surface area contributed by atoms with Gasteiger partial charge >= 0.3 is 0 Å². The van der Waals surface area contributed by atoms with Crippen LogP contribution in [0.2, 0.25) is 0 Å². The third kappa shape index (κ3) is 10.2. The average Bonchev–Trinajstić information content (AvgIpc) is 2.55. The molecule has 0 heterocycles. The third-order valence-electron chi connectivity index (χ3n) is 3.90. The van der Waals surface area contributed by atoms with E-state index in [0.717, 1.165) is 12.8 Å². The molecular weight excluding hydrogens is 320 g/mol. The Morgan fingerprint density at radius 3 is 2.12 bits per heavy atom. The van der Waals surface area contributed by atoms with E-state index >= 15 is 0 Å². The molecule has 0 fully saturated rings. The molecule has 146 valence electrons. The molecule has 2 atom stereocenters. The van der Waals surface area contributed by atoms with E-state index < -0.39 is 6.04 Å². The fraction of sp³-hybridized carbons (Fsp3) is 0.833. The van der Waals surface area contributed by atoms with Crippen LogP contribution in [0.25, 0.3) is 0 Å². The number of unbranched alkanes of at least 4 members (excludes halogenated alkanes) is 1. The normalized spacial score (nSPS) is 13.6. The monoisotopic (exact) mass is 356 g/mol. The summed E-state index contributed by atoms with van der Waals surface area (Å²) >= 11 is 0. The number of ketones is 1. The van der Waals surface area contributed by atoms with Gasteiger partial charge in [-0.15, -0.1) is 0 Å². The summed E-state index contributed by atoms with van der Waals surface area (Å²) in [6, 6.07) is -0.870. The molecule has 0 saturated heterocycles. The highest BCUT2D eigenvalue weighted by Crippen LogP contribution is 2.06. The van der Waals surface area contributed by atoms with E-state index in [2.05, 4.69) is 16.0 Å². The van der Waals surface area contributed by atoms with Crippen molar-refractivity contribution in [2.75, 3.05) is 13.1 Å². The van der Waals surface area contributed by atoms with Gasteiger partial charge in [0.15, 0.2) is 5.78 Å². The van der Waals surface area contributed by atoms with Gasteiger partial charge in [-0.25, -0.2) is 0 Å². The van der Waals surface area contributed by atoms with Crippen LogP contribution < -0.4 is 21.7 Å². The van der Waals surface area contributed by atoms with Crippen molar-refractivity contribution in [3.05, 3.63) is 0 Å². The minimum atomic E-state index is -0.654. The Bertz CT molecular complexity index is 425. The molecule has 0 aromatic heterocycles. The first kappa shape index (κ1) is 23.5. The first-order valence-electron chi connectivity index (χ1n) is 9.28. The second kappa shape index (κ2) is 12.8. The highest BCUT2D eigenvalue weighted by atomic mass is 16.2. The third-order valence-corrected chi connectivity index (χ3v) is 3.90. The van der Waals surface area contributed by atoms with Crippen LogP contribution in [-0.4, -0.2) is 48.8 Å². The first-order valence-corrected chi connectivity index (χ1v) is 9.28. The molecule has 7 heteroatoms. The minimum Gasteiger partial charge on any atom is -0.347 e. The number of carbonyl (C=O) groups is 3. The van der Waals surface area contributed by atoms with Crippen molar-refractivity contribution >= 4 is 17.6 Å². The van der Waals surface area contributed by atoms with E-state index in [1.807, 2.05) is 27.7 Å². The number of nitrogens with two attached hydrogens (primary N) is 1. The Morgan fingerprint density at radius 1 is 1.00 bits per heavy atom. The van der Waals surface area contributed by atoms with Gasteiger partial charge < -0.3 is 21.7 Å². The molecule has 0 aliphatic rings. The smallest absolute Gasteiger partial charge is 0.242 e. The zero-order chi connectivity index (χ0) is 19.4. The molecule has 0 aromatic rings. The van der Waals surface area contributed by atoms with Crippen molar-refractivity contribution < 1.29 is 14.4 Å².